The highest BCUT2D eigenvalue weighted by Crippen LogP contribution is 2.70. The summed E-state index contributed by atoms with van der Waals surface area (Å²) < 4.78 is 19.3. The van der Waals surface area contributed by atoms with Crippen molar-refractivity contribution in [2.45, 2.75) is 76.8 Å². The van der Waals surface area contributed by atoms with Crippen LogP contribution >= 0.6 is 0 Å². The van der Waals surface area contributed by atoms with Crippen molar-refractivity contribution >= 4 is 11.6 Å². The molecule has 1 heterocycles. The van der Waals surface area contributed by atoms with Crippen LogP contribution in [0.15, 0.2) is 72.3 Å². The number of carbonyl (C=O) groups excluding carboxylic acids is 2. The maximum Gasteiger partial charge on any atom is 0.193 e. The molecule has 0 amide bonds. The molecule has 44 heavy (non-hydrogen) atoms. The molecular weight excluding hydrogens is 560 g/mol. The van der Waals surface area contributed by atoms with Crippen molar-refractivity contribution in [2.24, 2.45) is 28.6 Å². The molecule has 0 aromatic heterocycles. The van der Waals surface area contributed by atoms with Gasteiger partial charge in [-0.1, -0.05) is 61.9 Å². The van der Waals surface area contributed by atoms with Crippen molar-refractivity contribution in [3.8, 4) is 5.75 Å². The third-order valence-corrected chi connectivity index (χ3v) is 11.5. The number of Topliss-reactive ketones (excluding diaryl/α,β-unsaturated/α-hetero) is 1. The summed E-state index contributed by atoms with van der Waals surface area (Å²) in [5.74, 6) is 0.256. The summed E-state index contributed by atoms with van der Waals surface area (Å²) in [5, 5.41) is 31.4. The Bertz CT molecular complexity index is 1530. The van der Waals surface area contributed by atoms with E-state index in [1.807, 2.05) is 61.5 Å². The Morgan fingerprint density at radius 1 is 1.09 bits per heavy atom. The molecule has 5 aliphatic rings. The summed E-state index contributed by atoms with van der Waals surface area (Å²) in [4.78, 5) is 26.0. The van der Waals surface area contributed by atoms with Gasteiger partial charge in [-0.2, -0.15) is 0 Å². The Balaban J connectivity index is 1.15. The molecular formula is C36H40O8. The first-order valence-electron chi connectivity index (χ1n) is 15.6. The van der Waals surface area contributed by atoms with Crippen LogP contribution in [0.2, 0.25) is 0 Å². The molecule has 9 atom stereocenters. The number of allylic oxidation sites excluding steroid dienone is 4. The van der Waals surface area contributed by atoms with E-state index in [9.17, 15) is 24.9 Å². The molecule has 8 heteroatoms. The van der Waals surface area contributed by atoms with Crippen LogP contribution in [0.3, 0.4) is 0 Å². The van der Waals surface area contributed by atoms with E-state index >= 15 is 0 Å². The van der Waals surface area contributed by atoms with Gasteiger partial charge in [-0.05, 0) is 72.9 Å². The third-order valence-electron chi connectivity index (χ3n) is 11.5. The molecule has 1 saturated heterocycles. The fraction of sp³-hybridized carbons (Fsp3) is 0.500. The second-order valence-electron chi connectivity index (χ2n) is 13.7. The van der Waals surface area contributed by atoms with Crippen LogP contribution < -0.4 is 4.74 Å². The van der Waals surface area contributed by atoms with Crippen LogP contribution in [-0.2, 0) is 32.3 Å². The van der Waals surface area contributed by atoms with Crippen LogP contribution in [0.5, 0.6) is 5.75 Å². The quantitative estimate of drug-likeness (QED) is 0.429. The number of hydrogen-bond acceptors (Lipinski definition) is 8. The summed E-state index contributed by atoms with van der Waals surface area (Å²) >= 11 is 0. The molecule has 4 aliphatic carbocycles. The Kier molecular flexibility index (Phi) is 7.22. The van der Waals surface area contributed by atoms with Crippen LogP contribution in [0, 0.1) is 28.6 Å². The van der Waals surface area contributed by atoms with Gasteiger partial charge in [0.15, 0.2) is 23.5 Å². The summed E-state index contributed by atoms with van der Waals surface area (Å²) in [6.45, 7) is 3.81. The van der Waals surface area contributed by atoms with Gasteiger partial charge in [0.2, 0.25) is 0 Å². The number of aliphatic hydroxyl groups is 3. The van der Waals surface area contributed by atoms with Crippen molar-refractivity contribution in [3.63, 3.8) is 0 Å². The van der Waals surface area contributed by atoms with Crippen LogP contribution in [0.25, 0.3) is 0 Å². The Hall–Kier alpha value is -3.14. The van der Waals surface area contributed by atoms with E-state index in [-0.39, 0.29) is 30.1 Å². The van der Waals surface area contributed by atoms with Crippen molar-refractivity contribution in [1.29, 1.82) is 0 Å². The number of ketones is 2. The molecule has 1 aliphatic heterocycles. The van der Waals surface area contributed by atoms with Crippen LogP contribution in [-0.4, -0.2) is 51.3 Å². The SMILES string of the molecule is C[C@]12C=CC(=O)C=C1CC[C@@H]1[C@@H]2[C@@H](O)C[C@@]2(C)[C@H]1C[C@H]1O[C@@H](c3cccc(OCc4ccc(CO)cc4)c3)O[C@]12C(=O)CO. The number of aliphatic hydroxyl groups excluding tert-OH is 3. The first kappa shape index (κ1) is 29.6. The lowest BCUT2D eigenvalue weighted by Gasteiger charge is -2.59. The highest BCUT2D eigenvalue weighted by molar-refractivity contribution is 6.01. The molecule has 0 unspecified atom stereocenters. The average molecular weight is 601 g/mol. The molecule has 2 aromatic rings. The Morgan fingerprint density at radius 2 is 1.86 bits per heavy atom. The van der Waals surface area contributed by atoms with E-state index in [1.54, 1.807) is 12.2 Å². The Morgan fingerprint density at radius 3 is 2.61 bits per heavy atom. The topological polar surface area (TPSA) is 123 Å². The predicted octanol–water partition coefficient (Wildman–Crippen LogP) is 4.36. The number of hydrogen-bond donors (Lipinski definition) is 3. The van der Waals surface area contributed by atoms with Gasteiger partial charge in [-0.25, -0.2) is 0 Å². The minimum absolute atomic E-state index is 0.00651. The lowest BCUT2D eigenvalue weighted by atomic mass is 9.46. The van der Waals surface area contributed by atoms with E-state index in [4.69, 9.17) is 14.2 Å². The first-order valence-corrected chi connectivity index (χ1v) is 15.6. The van der Waals surface area contributed by atoms with Gasteiger partial charge in [0.25, 0.3) is 0 Å². The number of rotatable bonds is 7. The maximum absolute atomic E-state index is 13.8. The van der Waals surface area contributed by atoms with Gasteiger partial charge in [-0.3, -0.25) is 9.59 Å². The molecule has 0 spiro atoms. The monoisotopic (exact) mass is 600 g/mol. The number of ether oxygens (including phenoxy) is 3. The van der Waals surface area contributed by atoms with E-state index in [1.165, 1.54) is 0 Å². The lowest BCUT2D eigenvalue weighted by Crippen LogP contribution is -2.63. The standard InChI is InChI=1S/C36H40O8/c1-34-13-12-25(39)15-24(34)10-11-27-28-16-31-36(30(41)19-38,35(28,2)17-29(40)32(27)34)44-33(43-31)23-4-3-5-26(14-23)42-20-22-8-6-21(18-37)7-9-22/h3-9,12-15,27-29,31-33,37-38,40H,10-11,16-20H2,1-2H3/t27-,28-,29-,31+,32+,33+,34-,35-,36+/m0/s1. The van der Waals surface area contributed by atoms with Gasteiger partial charge in [-0.15, -0.1) is 0 Å². The fourth-order valence-electron chi connectivity index (χ4n) is 9.49. The van der Waals surface area contributed by atoms with E-state index in [0.29, 0.717) is 30.8 Å². The predicted molar refractivity (Wildman–Crippen MR) is 160 cm³/mol. The summed E-state index contributed by atoms with van der Waals surface area (Å²) in [5.41, 5.74) is 1.01. The fourth-order valence-corrected chi connectivity index (χ4v) is 9.49. The van der Waals surface area contributed by atoms with E-state index in [2.05, 4.69) is 6.92 Å². The zero-order valence-electron chi connectivity index (χ0n) is 25.1. The number of fused-ring (bicyclic) bond motifs is 7. The Labute approximate surface area is 257 Å². The first-order chi connectivity index (χ1) is 21.1. The minimum atomic E-state index is -1.40. The van der Waals surface area contributed by atoms with Gasteiger partial charge in [0, 0.05) is 22.3 Å². The molecule has 2 aromatic carbocycles. The number of benzene rings is 2. The smallest absolute Gasteiger partial charge is 0.193 e. The second-order valence-corrected chi connectivity index (χ2v) is 13.7. The molecule has 3 saturated carbocycles. The van der Waals surface area contributed by atoms with Crippen LogP contribution in [0.4, 0.5) is 0 Å². The van der Waals surface area contributed by atoms with E-state index in [0.717, 1.165) is 29.5 Å². The molecule has 0 bridgehead atoms. The van der Waals surface area contributed by atoms with E-state index < -0.39 is 47.3 Å². The number of carbonyl (C=O) groups is 2. The normalized spacial score (nSPS) is 38.8. The zero-order chi connectivity index (χ0) is 30.9. The summed E-state index contributed by atoms with van der Waals surface area (Å²) in [6.07, 6.45) is 5.70. The lowest BCUT2D eigenvalue weighted by molar-refractivity contribution is -0.201. The molecule has 7 rings (SSSR count). The average Bonchev–Trinajstić information content (AvgIpc) is 3.53. The highest BCUT2D eigenvalue weighted by Gasteiger charge is 2.75. The molecule has 232 valence electrons. The van der Waals surface area contributed by atoms with Crippen molar-refractivity contribution < 1.29 is 39.1 Å². The maximum atomic E-state index is 13.8. The van der Waals surface area contributed by atoms with Gasteiger partial charge >= 0.3 is 0 Å². The summed E-state index contributed by atoms with van der Waals surface area (Å²) in [6, 6.07) is 15.0. The van der Waals surface area contributed by atoms with Gasteiger partial charge < -0.3 is 29.5 Å². The third kappa shape index (κ3) is 4.30. The zero-order valence-corrected chi connectivity index (χ0v) is 25.1. The molecule has 8 nitrogen and oxygen atoms in total. The van der Waals surface area contributed by atoms with Crippen molar-refractivity contribution in [3.05, 3.63) is 89.0 Å². The molecule has 4 fully saturated rings. The minimum Gasteiger partial charge on any atom is -0.489 e. The second kappa shape index (κ2) is 10.7. The molecule has 3 N–H and O–H groups in total. The van der Waals surface area contributed by atoms with Gasteiger partial charge in [0.05, 0.1) is 18.8 Å². The largest absolute Gasteiger partial charge is 0.489 e. The van der Waals surface area contributed by atoms with Crippen LogP contribution in [0.1, 0.15) is 62.5 Å². The summed E-state index contributed by atoms with van der Waals surface area (Å²) in [7, 11) is 0. The van der Waals surface area contributed by atoms with Crippen molar-refractivity contribution in [1.82, 2.24) is 0 Å². The van der Waals surface area contributed by atoms with Gasteiger partial charge in [0.1, 0.15) is 19.0 Å². The highest BCUT2D eigenvalue weighted by atomic mass is 16.7. The molecule has 0 radical (unpaired) electrons. The van der Waals surface area contributed by atoms with Crippen molar-refractivity contribution in [2.75, 3.05) is 6.61 Å².